The van der Waals surface area contributed by atoms with Crippen LogP contribution in [0.2, 0.25) is 5.02 Å². The van der Waals surface area contributed by atoms with Crippen molar-refractivity contribution in [2.75, 3.05) is 6.61 Å². The fourth-order valence-electron chi connectivity index (χ4n) is 1.42. The van der Waals surface area contributed by atoms with E-state index in [-0.39, 0.29) is 13.0 Å². The van der Waals surface area contributed by atoms with Crippen molar-refractivity contribution in [2.45, 2.75) is 26.3 Å². The Hall–Kier alpha value is -1.26. The van der Waals surface area contributed by atoms with Gasteiger partial charge in [0.05, 0.1) is 6.61 Å². The molecule has 3 N–H and O–H groups in total. The van der Waals surface area contributed by atoms with Gasteiger partial charge >= 0.3 is 5.97 Å². The fourth-order valence-corrected chi connectivity index (χ4v) is 1.53. The second-order valence-corrected chi connectivity index (χ2v) is 4.33. The number of halogens is 1. The molecule has 0 saturated carbocycles. The summed E-state index contributed by atoms with van der Waals surface area (Å²) in [6.07, 6.45) is 0.274. The molecule has 94 valence electrons. The number of hydrogen-bond acceptors (Lipinski definition) is 3. The first-order valence-corrected chi connectivity index (χ1v) is 5.67. The molecule has 0 aliphatic heterocycles. The number of rotatable bonds is 5. The van der Waals surface area contributed by atoms with Gasteiger partial charge in [0.15, 0.2) is 0 Å². The van der Waals surface area contributed by atoms with Crippen LogP contribution in [0.15, 0.2) is 12.1 Å². The van der Waals surface area contributed by atoms with Crippen LogP contribution in [0.3, 0.4) is 0 Å². The third kappa shape index (κ3) is 3.91. The molecule has 1 atom stereocenters. The second kappa shape index (κ2) is 5.89. The Morgan fingerprint density at radius 3 is 2.47 bits per heavy atom. The van der Waals surface area contributed by atoms with Crippen LogP contribution in [0.1, 0.15) is 17.5 Å². The first kappa shape index (κ1) is 13.8. The van der Waals surface area contributed by atoms with Gasteiger partial charge in [-0.05, 0) is 37.1 Å². The van der Waals surface area contributed by atoms with Gasteiger partial charge in [-0.15, -0.1) is 0 Å². The van der Waals surface area contributed by atoms with Gasteiger partial charge in [0.1, 0.15) is 11.8 Å². The molecule has 1 aromatic carbocycles. The second-order valence-electron chi connectivity index (χ2n) is 3.95. The molecule has 17 heavy (non-hydrogen) atoms. The standard InChI is InChI=1S/C12H16ClNO3/c1-7-5-9(6-8(2)11(7)13)17-4-3-10(14)12(15)16/h5-6,10H,3-4,14H2,1-2H3,(H,15,16). The number of carboxylic acid groups (broad SMARTS) is 1. The van der Waals surface area contributed by atoms with E-state index in [2.05, 4.69) is 0 Å². The van der Waals surface area contributed by atoms with Crippen molar-refractivity contribution >= 4 is 17.6 Å². The van der Waals surface area contributed by atoms with Gasteiger partial charge in [0, 0.05) is 11.4 Å². The maximum absolute atomic E-state index is 10.5. The molecule has 1 aromatic rings. The van der Waals surface area contributed by atoms with Gasteiger partial charge in [0.2, 0.25) is 0 Å². The van der Waals surface area contributed by atoms with Crippen molar-refractivity contribution in [3.63, 3.8) is 0 Å². The Morgan fingerprint density at radius 2 is 2.00 bits per heavy atom. The summed E-state index contributed by atoms with van der Waals surface area (Å²) in [5.74, 6) is -0.334. The molecule has 0 spiro atoms. The summed E-state index contributed by atoms with van der Waals surface area (Å²) in [6, 6.07) is 2.76. The molecule has 0 aliphatic rings. The van der Waals surface area contributed by atoms with Crippen molar-refractivity contribution in [1.82, 2.24) is 0 Å². The number of carboxylic acids is 1. The molecule has 1 rings (SSSR count). The van der Waals surface area contributed by atoms with Crippen LogP contribution in [-0.4, -0.2) is 23.7 Å². The van der Waals surface area contributed by atoms with Crippen molar-refractivity contribution in [1.29, 1.82) is 0 Å². The number of benzene rings is 1. The third-order valence-electron chi connectivity index (χ3n) is 2.42. The molecule has 5 heteroatoms. The molecule has 0 heterocycles. The van der Waals surface area contributed by atoms with Gasteiger partial charge in [-0.3, -0.25) is 4.79 Å². The smallest absolute Gasteiger partial charge is 0.320 e. The van der Waals surface area contributed by atoms with Gasteiger partial charge in [-0.1, -0.05) is 11.6 Å². The van der Waals surface area contributed by atoms with Crippen LogP contribution in [0, 0.1) is 13.8 Å². The summed E-state index contributed by atoms with van der Waals surface area (Å²) in [5, 5.41) is 9.33. The lowest BCUT2D eigenvalue weighted by Crippen LogP contribution is -2.31. The highest BCUT2D eigenvalue weighted by Crippen LogP contribution is 2.25. The summed E-state index contributed by atoms with van der Waals surface area (Å²) in [6.45, 7) is 4.06. The van der Waals surface area contributed by atoms with Crippen LogP contribution in [0.4, 0.5) is 0 Å². The number of ether oxygens (including phenoxy) is 1. The molecule has 0 fully saturated rings. The fraction of sp³-hybridized carbons (Fsp3) is 0.417. The average Bonchev–Trinajstić information content (AvgIpc) is 2.25. The average molecular weight is 258 g/mol. The summed E-state index contributed by atoms with van der Waals surface area (Å²) in [5.41, 5.74) is 7.23. The topological polar surface area (TPSA) is 72.5 Å². The minimum Gasteiger partial charge on any atom is -0.493 e. The van der Waals surface area contributed by atoms with Crippen molar-refractivity contribution in [3.05, 3.63) is 28.3 Å². The lowest BCUT2D eigenvalue weighted by atomic mass is 10.1. The maximum atomic E-state index is 10.5. The first-order chi connectivity index (χ1) is 7.91. The predicted molar refractivity (Wildman–Crippen MR) is 66.6 cm³/mol. The number of aliphatic carboxylic acids is 1. The van der Waals surface area contributed by atoms with E-state index in [9.17, 15) is 4.79 Å². The monoisotopic (exact) mass is 257 g/mol. The molecule has 0 amide bonds. The normalized spacial score (nSPS) is 12.2. The Morgan fingerprint density at radius 1 is 1.47 bits per heavy atom. The molecule has 0 radical (unpaired) electrons. The molecular weight excluding hydrogens is 242 g/mol. The van der Waals surface area contributed by atoms with E-state index in [4.69, 9.17) is 27.2 Å². The molecule has 4 nitrogen and oxygen atoms in total. The zero-order valence-electron chi connectivity index (χ0n) is 9.87. The molecule has 0 saturated heterocycles. The van der Waals surface area contributed by atoms with Gasteiger partial charge in [-0.25, -0.2) is 0 Å². The van der Waals surface area contributed by atoms with Crippen molar-refractivity contribution in [2.24, 2.45) is 5.73 Å². The summed E-state index contributed by atoms with van der Waals surface area (Å²) < 4.78 is 5.44. The zero-order valence-corrected chi connectivity index (χ0v) is 10.6. The molecular formula is C12H16ClNO3. The largest absolute Gasteiger partial charge is 0.493 e. The lowest BCUT2D eigenvalue weighted by Gasteiger charge is -2.11. The number of aryl methyl sites for hydroxylation is 2. The highest BCUT2D eigenvalue weighted by Gasteiger charge is 2.11. The Balaban J connectivity index is 2.56. The van der Waals surface area contributed by atoms with Gasteiger partial charge in [0.25, 0.3) is 0 Å². The highest BCUT2D eigenvalue weighted by molar-refractivity contribution is 6.32. The van der Waals surface area contributed by atoms with Crippen molar-refractivity contribution < 1.29 is 14.6 Å². The SMILES string of the molecule is Cc1cc(OCCC(N)C(=O)O)cc(C)c1Cl. The Labute approximate surface area is 105 Å². The van der Waals surface area contributed by atoms with Crippen LogP contribution in [0.5, 0.6) is 5.75 Å². The molecule has 0 bridgehead atoms. The number of nitrogens with two attached hydrogens (primary N) is 1. The zero-order chi connectivity index (χ0) is 13.0. The van der Waals surface area contributed by atoms with Gasteiger partial charge in [-0.2, -0.15) is 0 Å². The number of hydrogen-bond donors (Lipinski definition) is 2. The summed E-state index contributed by atoms with van der Waals surface area (Å²) in [7, 11) is 0. The minimum absolute atomic E-state index is 0.272. The predicted octanol–water partition coefficient (Wildman–Crippen LogP) is 2.14. The van der Waals surface area contributed by atoms with Crippen LogP contribution in [-0.2, 0) is 4.79 Å². The third-order valence-corrected chi connectivity index (χ3v) is 3.02. The van der Waals surface area contributed by atoms with E-state index in [1.54, 1.807) is 0 Å². The van der Waals surface area contributed by atoms with Crippen LogP contribution < -0.4 is 10.5 Å². The maximum Gasteiger partial charge on any atom is 0.320 e. The van der Waals surface area contributed by atoms with Crippen molar-refractivity contribution in [3.8, 4) is 5.75 Å². The summed E-state index contributed by atoms with van der Waals surface area (Å²) in [4.78, 5) is 10.5. The van der Waals surface area contributed by atoms with Gasteiger partial charge < -0.3 is 15.6 Å². The van der Waals surface area contributed by atoms with E-state index < -0.39 is 12.0 Å². The first-order valence-electron chi connectivity index (χ1n) is 5.29. The van der Waals surface area contributed by atoms with E-state index in [1.807, 2.05) is 26.0 Å². The quantitative estimate of drug-likeness (QED) is 0.848. The van der Waals surface area contributed by atoms with E-state index in [0.717, 1.165) is 16.1 Å². The highest BCUT2D eigenvalue weighted by atomic mass is 35.5. The van der Waals surface area contributed by atoms with Crippen LogP contribution in [0.25, 0.3) is 0 Å². The molecule has 0 aromatic heterocycles. The van der Waals surface area contributed by atoms with Crippen LogP contribution >= 0.6 is 11.6 Å². The number of carbonyl (C=O) groups is 1. The Kier molecular flexibility index (Phi) is 4.78. The molecule has 1 unspecified atom stereocenters. The molecule has 0 aliphatic carbocycles. The summed E-state index contributed by atoms with van der Waals surface area (Å²) >= 11 is 6.02. The van der Waals surface area contributed by atoms with E-state index in [0.29, 0.717) is 5.75 Å². The van der Waals surface area contributed by atoms with E-state index >= 15 is 0 Å². The minimum atomic E-state index is -1.02. The Bertz CT molecular complexity index is 397. The lowest BCUT2D eigenvalue weighted by molar-refractivity contribution is -0.138. The van der Waals surface area contributed by atoms with E-state index in [1.165, 1.54) is 0 Å².